The first-order valence-corrected chi connectivity index (χ1v) is 11.4. The Bertz CT molecular complexity index is 1060. The molecule has 1 aromatic heterocycles. The Kier molecular flexibility index (Phi) is 9.11. The van der Waals surface area contributed by atoms with Crippen LogP contribution in [0.3, 0.4) is 0 Å². The van der Waals surface area contributed by atoms with Gasteiger partial charge >= 0.3 is 0 Å². The summed E-state index contributed by atoms with van der Waals surface area (Å²) in [6.45, 7) is 5.03. The molecule has 0 aliphatic rings. The second-order valence-corrected chi connectivity index (χ2v) is 8.23. The van der Waals surface area contributed by atoms with Crippen molar-refractivity contribution in [1.29, 1.82) is 0 Å². The minimum absolute atomic E-state index is 0.0173. The summed E-state index contributed by atoms with van der Waals surface area (Å²) < 4.78 is 11.5. The van der Waals surface area contributed by atoms with Crippen LogP contribution >= 0.6 is 0 Å². The molecule has 0 spiro atoms. The maximum Gasteiger partial charge on any atom is 0.254 e. The summed E-state index contributed by atoms with van der Waals surface area (Å²) in [6.07, 6.45) is 3.94. The van der Waals surface area contributed by atoms with E-state index in [-0.39, 0.29) is 11.9 Å². The number of hydrazone groups is 1. The van der Waals surface area contributed by atoms with Crippen LogP contribution in [0.4, 0.5) is 0 Å². The van der Waals surface area contributed by atoms with Gasteiger partial charge in [0.1, 0.15) is 17.3 Å². The van der Waals surface area contributed by atoms with Crippen LogP contribution in [0.25, 0.3) is 11.3 Å². The van der Waals surface area contributed by atoms with Gasteiger partial charge in [0.05, 0.1) is 12.9 Å². The molecule has 5 N–H and O–H groups in total. The number of unbranched alkanes of at least 4 members (excludes halogenated alkanes) is 1. The molecule has 1 heterocycles. The van der Waals surface area contributed by atoms with Gasteiger partial charge in [-0.25, -0.2) is 11.4 Å². The van der Waals surface area contributed by atoms with Crippen LogP contribution in [0.1, 0.15) is 49.0 Å². The quantitative estimate of drug-likeness (QED) is 0.121. The Labute approximate surface area is 200 Å². The van der Waals surface area contributed by atoms with E-state index >= 15 is 0 Å². The number of furan rings is 1. The van der Waals surface area contributed by atoms with Crippen molar-refractivity contribution < 1.29 is 13.9 Å². The third-order valence-corrected chi connectivity index (χ3v) is 5.43. The molecule has 0 aliphatic carbocycles. The fourth-order valence-electron chi connectivity index (χ4n) is 3.56. The molecule has 2 aromatic carbocycles. The molecular weight excluding hydrogens is 430 g/mol. The summed E-state index contributed by atoms with van der Waals surface area (Å²) in [6, 6.07) is 19.1. The van der Waals surface area contributed by atoms with Crippen LogP contribution in [0.2, 0.25) is 0 Å². The van der Waals surface area contributed by atoms with Gasteiger partial charge in [-0.05, 0) is 57.0 Å². The maximum absolute atomic E-state index is 13.3. The minimum atomic E-state index is -0.0286. The first kappa shape index (κ1) is 24.9. The van der Waals surface area contributed by atoms with Crippen LogP contribution in [0, 0.1) is 0 Å². The van der Waals surface area contributed by atoms with E-state index < -0.39 is 0 Å². The van der Waals surface area contributed by atoms with Crippen molar-refractivity contribution in [2.75, 3.05) is 6.61 Å². The first-order valence-electron chi connectivity index (χ1n) is 11.4. The number of nitrogens with zero attached hydrogens (tertiary/aromatic N) is 2. The Morgan fingerprint density at radius 1 is 1.09 bits per heavy atom. The first-order chi connectivity index (χ1) is 16.5. The number of carbonyl (C=O) groups excluding carboxylic acids is 1. The van der Waals surface area contributed by atoms with Crippen molar-refractivity contribution in [1.82, 2.24) is 10.4 Å². The van der Waals surface area contributed by atoms with E-state index in [1.165, 1.54) is 0 Å². The lowest BCUT2D eigenvalue weighted by Gasteiger charge is -2.28. The molecule has 0 saturated carbocycles. The highest BCUT2D eigenvalue weighted by Crippen LogP contribution is 2.24. The van der Waals surface area contributed by atoms with Crippen molar-refractivity contribution in [3.63, 3.8) is 0 Å². The molecule has 0 fully saturated rings. The number of amidine groups is 1. The van der Waals surface area contributed by atoms with Crippen LogP contribution < -0.4 is 21.8 Å². The molecular formula is C26H33N5O3. The van der Waals surface area contributed by atoms with Crippen molar-refractivity contribution in [3.8, 4) is 17.1 Å². The monoisotopic (exact) mass is 463 g/mol. The number of hydrogen-bond acceptors (Lipinski definition) is 6. The fourth-order valence-corrected chi connectivity index (χ4v) is 3.56. The van der Waals surface area contributed by atoms with E-state index in [9.17, 15) is 4.79 Å². The van der Waals surface area contributed by atoms with Crippen molar-refractivity contribution in [3.05, 3.63) is 78.1 Å². The van der Waals surface area contributed by atoms with Crippen molar-refractivity contribution >= 4 is 11.7 Å². The van der Waals surface area contributed by atoms with Crippen LogP contribution in [0.15, 0.2) is 76.4 Å². The number of benzene rings is 2. The average molecular weight is 464 g/mol. The lowest BCUT2D eigenvalue weighted by molar-refractivity contribution is 0.0688. The van der Waals surface area contributed by atoms with Gasteiger partial charge in [0, 0.05) is 35.7 Å². The third kappa shape index (κ3) is 6.86. The van der Waals surface area contributed by atoms with E-state index in [1.54, 1.807) is 6.26 Å². The second-order valence-electron chi connectivity index (χ2n) is 8.23. The zero-order valence-corrected chi connectivity index (χ0v) is 19.7. The molecule has 0 aliphatic heterocycles. The van der Waals surface area contributed by atoms with Gasteiger partial charge in [-0.2, -0.15) is 5.10 Å². The summed E-state index contributed by atoms with van der Waals surface area (Å²) >= 11 is 0. The van der Waals surface area contributed by atoms with E-state index in [4.69, 9.17) is 20.7 Å². The lowest BCUT2D eigenvalue weighted by atomic mass is 10.1. The number of amides is 1. The zero-order chi connectivity index (χ0) is 24.3. The molecule has 1 amide bonds. The highest BCUT2D eigenvalue weighted by molar-refractivity contribution is 5.94. The molecule has 0 atom stereocenters. The van der Waals surface area contributed by atoms with E-state index in [2.05, 4.69) is 10.6 Å². The number of para-hydroxylation sites is 1. The number of hydrogen-bond donors (Lipinski definition) is 3. The molecule has 180 valence electrons. The standard InChI is InChI=1S/C26H33N5O3/c1-19(2)31(26(32)21-14-12-20(13-15-21)23-10-7-17-34-23)18-22-8-3-4-9-24(22)33-16-6-5-11-25(27)29-30-28/h3-4,7-10,12-15,17,19,30H,5-6,11,16,18,28H2,1-2H3,(H2,27,29). The van der Waals surface area contributed by atoms with Crippen LogP contribution in [0.5, 0.6) is 5.75 Å². The molecule has 34 heavy (non-hydrogen) atoms. The summed E-state index contributed by atoms with van der Waals surface area (Å²) in [5.74, 6) is 7.11. The summed E-state index contributed by atoms with van der Waals surface area (Å²) in [5.41, 5.74) is 10.4. The Morgan fingerprint density at radius 3 is 2.53 bits per heavy atom. The van der Waals surface area contributed by atoms with Gasteiger partial charge in [-0.1, -0.05) is 30.3 Å². The molecule has 0 unspecified atom stereocenters. The number of nitrogens with two attached hydrogens (primary N) is 2. The summed E-state index contributed by atoms with van der Waals surface area (Å²) in [5, 5.41) is 3.74. The zero-order valence-electron chi connectivity index (χ0n) is 19.7. The number of carbonyl (C=O) groups is 1. The van der Waals surface area contributed by atoms with E-state index in [0.29, 0.717) is 31.0 Å². The van der Waals surface area contributed by atoms with E-state index in [0.717, 1.165) is 35.5 Å². The normalized spacial score (nSPS) is 11.5. The van der Waals surface area contributed by atoms with Gasteiger partial charge in [-0.3, -0.25) is 4.79 Å². The van der Waals surface area contributed by atoms with Crippen molar-refractivity contribution in [2.24, 2.45) is 16.7 Å². The average Bonchev–Trinajstić information content (AvgIpc) is 3.38. The number of rotatable bonds is 12. The summed E-state index contributed by atoms with van der Waals surface area (Å²) in [7, 11) is 0. The minimum Gasteiger partial charge on any atom is -0.493 e. The highest BCUT2D eigenvalue weighted by atomic mass is 16.5. The summed E-state index contributed by atoms with van der Waals surface area (Å²) in [4.78, 5) is 15.2. The highest BCUT2D eigenvalue weighted by Gasteiger charge is 2.21. The van der Waals surface area contributed by atoms with Crippen LogP contribution in [-0.2, 0) is 6.54 Å². The predicted octanol–water partition coefficient (Wildman–Crippen LogP) is 4.28. The van der Waals surface area contributed by atoms with Crippen LogP contribution in [-0.4, -0.2) is 29.3 Å². The Hall–Kier alpha value is -3.78. The molecule has 0 saturated heterocycles. The fraction of sp³-hybridized carbons (Fsp3) is 0.308. The maximum atomic E-state index is 13.3. The van der Waals surface area contributed by atoms with Gasteiger partial charge in [0.2, 0.25) is 0 Å². The Morgan fingerprint density at radius 2 is 1.85 bits per heavy atom. The molecule has 8 heteroatoms. The molecule has 3 rings (SSSR count). The molecule has 3 aromatic rings. The van der Waals surface area contributed by atoms with Gasteiger partial charge in [0.15, 0.2) is 0 Å². The SMILES string of the molecule is CC(C)N(Cc1ccccc1OCCCC/C(N)=N/NN)C(=O)c1ccc(-c2ccco2)cc1. The van der Waals surface area contributed by atoms with Gasteiger partial charge in [0.25, 0.3) is 5.91 Å². The number of nitrogens with one attached hydrogen (secondary N) is 1. The topological polar surface area (TPSA) is 119 Å². The predicted molar refractivity (Wildman–Crippen MR) is 134 cm³/mol. The largest absolute Gasteiger partial charge is 0.493 e. The second kappa shape index (κ2) is 12.5. The van der Waals surface area contributed by atoms with Crippen molar-refractivity contribution in [2.45, 2.75) is 45.7 Å². The van der Waals surface area contributed by atoms with Gasteiger partial charge in [-0.15, -0.1) is 0 Å². The number of ether oxygens (including phenoxy) is 1. The third-order valence-electron chi connectivity index (χ3n) is 5.43. The molecule has 0 radical (unpaired) electrons. The molecule has 8 nitrogen and oxygen atoms in total. The lowest BCUT2D eigenvalue weighted by Crippen LogP contribution is -2.36. The Balaban J connectivity index is 1.64. The number of hydrazine groups is 1. The molecule has 0 bridgehead atoms. The van der Waals surface area contributed by atoms with E-state index in [1.807, 2.05) is 79.4 Å². The van der Waals surface area contributed by atoms with Gasteiger partial charge < -0.3 is 19.8 Å². The smallest absolute Gasteiger partial charge is 0.254 e.